The highest BCUT2D eigenvalue weighted by atomic mass is 35.5. The first-order valence-corrected chi connectivity index (χ1v) is 12.6. The molecular weight excluding hydrogens is 491 g/mol. The van der Waals surface area contributed by atoms with Crippen LogP contribution in [0.15, 0.2) is 70.5 Å². The quantitative estimate of drug-likeness (QED) is 0.371. The molecule has 10 heteroatoms. The Labute approximate surface area is 201 Å². The molecule has 0 aromatic heterocycles. The highest BCUT2D eigenvalue weighted by Crippen LogP contribution is 2.30. The summed E-state index contributed by atoms with van der Waals surface area (Å²) < 4.78 is 33.2. The first-order valence-electron chi connectivity index (χ1n) is 9.33. The minimum absolute atomic E-state index is 0.0276. The largest absolute Gasteiger partial charge is 0.497 e. The number of halogens is 2. The highest BCUT2D eigenvalue weighted by molar-refractivity contribution is 8.00. The van der Waals surface area contributed by atoms with Crippen molar-refractivity contribution in [2.45, 2.75) is 16.7 Å². The Balaban J connectivity index is 1.71. The average molecular weight is 511 g/mol. The van der Waals surface area contributed by atoms with Crippen LogP contribution in [-0.4, -0.2) is 27.2 Å². The molecule has 0 heterocycles. The van der Waals surface area contributed by atoms with Crippen molar-refractivity contribution in [3.05, 3.63) is 76.3 Å². The zero-order valence-corrected chi connectivity index (χ0v) is 20.3. The van der Waals surface area contributed by atoms with Gasteiger partial charge in [0.2, 0.25) is 5.91 Å². The van der Waals surface area contributed by atoms with Gasteiger partial charge in [-0.3, -0.25) is 9.52 Å². The lowest BCUT2D eigenvalue weighted by molar-refractivity contribution is -0.113. The number of thioether (sulfide) groups is 1. The van der Waals surface area contributed by atoms with Crippen LogP contribution in [0.2, 0.25) is 10.0 Å². The van der Waals surface area contributed by atoms with Gasteiger partial charge in [-0.05, 0) is 67.1 Å². The molecule has 32 heavy (non-hydrogen) atoms. The monoisotopic (exact) mass is 510 g/mol. The summed E-state index contributed by atoms with van der Waals surface area (Å²) in [5, 5.41) is 3.79. The third kappa shape index (κ3) is 6.32. The van der Waals surface area contributed by atoms with Crippen LogP contribution in [0.25, 0.3) is 0 Å². The predicted octanol–water partition coefficient (Wildman–Crippen LogP) is 5.84. The number of carbonyl (C=O) groups is 1. The molecule has 0 spiro atoms. The summed E-state index contributed by atoms with van der Waals surface area (Å²) in [7, 11) is -2.32. The Bertz CT molecular complexity index is 1230. The topological polar surface area (TPSA) is 84.5 Å². The first-order chi connectivity index (χ1) is 15.2. The predicted molar refractivity (Wildman–Crippen MR) is 131 cm³/mol. The summed E-state index contributed by atoms with van der Waals surface area (Å²) in [6.07, 6.45) is 0. The van der Waals surface area contributed by atoms with Gasteiger partial charge < -0.3 is 10.1 Å². The van der Waals surface area contributed by atoms with E-state index in [0.717, 1.165) is 5.56 Å². The maximum absolute atomic E-state index is 12.8. The Hall–Kier alpha value is -2.39. The number of anilines is 2. The molecule has 0 saturated heterocycles. The van der Waals surface area contributed by atoms with Gasteiger partial charge in [0.05, 0.1) is 22.8 Å². The zero-order chi connectivity index (χ0) is 23.3. The molecule has 1 amide bonds. The molecule has 0 bridgehead atoms. The molecule has 0 fully saturated rings. The van der Waals surface area contributed by atoms with Crippen molar-refractivity contribution in [1.82, 2.24) is 0 Å². The second kappa shape index (κ2) is 10.5. The van der Waals surface area contributed by atoms with Gasteiger partial charge in [-0.2, -0.15) is 0 Å². The Morgan fingerprint density at radius 1 is 1.03 bits per heavy atom. The Morgan fingerprint density at radius 2 is 1.75 bits per heavy atom. The normalized spacial score (nSPS) is 11.1. The van der Waals surface area contributed by atoms with Gasteiger partial charge in [0.1, 0.15) is 5.75 Å². The molecule has 0 aliphatic heterocycles. The van der Waals surface area contributed by atoms with E-state index in [1.807, 2.05) is 0 Å². The number of hydrogen-bond donors (Lipinski definition) is 2. The summed E-state index contributed by atoms with van der Waals surface area (Å²) in [6, 6.07) is 16.1. The molecule has 0 aliphatic rings. The van der Waals surface area contributed by atoms with E-state index < -0.39 is 10.0 Å². The molecule has 0 radical (unpaired) electrons. The maximum atomic E-state index is 12.8. The van der Waals surface area contributed by atoms with E-state index in [2.05, 4.69) is 10.0 Å². The molecule has 0 atom stereocenters. The molecule has 3 rings (SSSR count). The van der Waals surface area contributed by atoms with Crippen LogP contribution in [0, 0.1) is 6.92 Å². The second-order valence-electron chi connectivity index (χ2n) is 6.72. The minimum Gasteiger partial charge on any atom is -0.497 e. The maximum Gasteiger partial charge on any atom is 0.261 e. The molecular formula is C22H20Cl2N2O4S2. The number of carbonyl (C=O) groups excluding carboxylic acids is 1. The van der Waals surface area contributed by atoms with E-state index in [4.69, 9.17) is 27.9 Å². The molecule has 6 nitrogen and oxygen atoms in total. The number of methoxy groups -OCH3 is 1. The van der Waals surface area contributed by atoms with Crippen LogP contribution in [0.4, 0.5) is 11.4 Å². The average Bonchev–Trinajstić information content (AvgIpc) is 2.76. The lowest BCUT2D eigenvalue weighted by Gasteiger charge is -2.13. The number of amides is 1. The lowest BCUT2D eigenvalue weighted by Crippen LogP contribution is -2.17. The molecule has 0 saturated carbocycles. The van der Waals surface area contributed by atoms with E-state index >= 15 is 0 Å². The van der Waals surface area contributed by atoms with Gasteiger partial charge >= 0.3 is 0 Å². The Morgan fingerprint density at radius 3 is 2.44 bits per heavy atom. The van der Waals surface area contributed by atoms with Crippen LogP contribution in [0.3, 0.4) is 0 Å². The number of nitrogens with one attached hydrogen (secondary N) is 2. The number of ether oxygens (including phenoxy) is 1. The fourth-order valence-corrected chi connectivity index (χ4v) is 5.07. The third-order valence-corrected chi connectivity index (χ3v) is 7.50. The molecule has 2 N–H and O–H groups in total. The van der Waals surface area contributed by atoms with Crippen molar-refractivity contribution < 1.29 is 17.9 Å². The SMILES string of the molecule is COc1ccc(NS(=O)(=O)c2ccc(C)c(NC(=O)CSc3cc(Cl)ccc3Cl)c2)cc1. The smallest absolute Gasteiger partial charge is 0.261 e. The molecule has 168 valence electrons. The standard InChI is InChI=1S/C22H20Cl2N2O4S2/c1-14-3-9-18(32(28,29)26-16-5-7-17(30-2)8-6-16)12-20(14)25-22(27)13-31-21-11-15(23)4-10-19(21)24/h3-12,26H,13H2,1-2H3,(H,25,27). The lowest BCUT2D eigenvalue weighted by atomic mass is 10.2. The molecule has 3 aromatic rings. The summed E-state index contributed by atoms with van der Waals surface area (Å²) in [5.41, 5.74) is 1.53. The van der Waals surface area contributed by atoms with Gasteiger partial charge in [-0.1, -0.05) is 29.3 Å². The zero-order valence-electron chi connectivity index (χ0n) is 17.2. The Kier molecular flexibility index (Phi) is 7.95. The van der Waals surface area contributed by atoms with E-state index in [-0.39, 0.29) is 16.6 Å². The molecule has 0 unspecified atom stereocenters. The summed E-state index contributed by atoms with van der Waals surface area (Å²) >= 11 is 13.3. The summed E-state index contributed by atoms with van der Waals surface area (Å²) in [5.74, 6) is 0.401. The third-order valence-electron chi connectivity index (χ3n) is 4.39. The summed E-state index contributed by atoms with van der Waals surface area (Å²) in [4.78, 5) is 13.2. The van der Waals surface area contributed by atoms with E-state index in [1.54, 1.807) is 55.5 Å². The van der Waals surface area contributed by atoms with Gasteiger partial charge in [-0.15, -0.1) is 11.8 Å². The van der Waals surface area contributed by atoms with Crippen molar-refractivity contribution >= 4 is 62.3 Å². The fourth-order valence-electron chi connectivity index (χ4n) is 2.69. The molecule has 0 aliphatic carbocycles. The van der Waals surface area contributed by atoms with E-state index in [0.29, 0.717) is 32.1 Å². The van der Waals surface area contributed by atoms with Crippen molar-refractivity contribution in [1.29, 1.82) is 0 Å². The van der Waals surface area contributed by atoms with Crippen LogP contribution in [0.1, 0.15) is 5.56 Å². The van der Waals surface area contributed by atoms with Crippen molar-refractivity contribution in [3.63, 3.8) is 0 Å². The van der Waals surface area contributed by atoms with Gasteiger partial charge in [-0.25, -0.2) is 8.42 Å². The number of hydrogen-bond acceptors (Lipinski definition) is 5. The van der Waals surface area contributed by atoms with Crippen LogP contribution >= 0.6 is 35.0 Å². The fraction of sp³-hybridized carbons (Fsp3) is 0.136. The molecule has 3 aromatic carbocycles. The first kappa shape index (κ1) is 24.3. The number of aryl methyl sites for hydroxylation is 1. The van der Waals surface area contributed by atoms with Crippen molar-refractivity contribution in [2.75, 3.05) is 22.9 Å². The van der Waals surface area contributed by atoms with Gasteiger partial charge in [0.25, 0.3) is 10.0 Å². The number of benzene rings is 3. The van der Waals surface area contributed by atoms with Gasteiger partial charge in [0.15, 0.2) is 0 Å². The van der Waals surface area contributed by atoms with Crippen LogP contribution in [0.5, 0.6) is 5.75 Å². The summed E-state index contributed by atoms with van der Waals surface area (Å²) in [6.45, 7) is 1.78. The van der Waals surface area contributed by atoms with Crippen molar-refractivity contribution in [2.24, 2.45) is 0 Å². The second-order valence-corrected chi connectivity index (χ2v) is 10.3. The van der Waals surface area contributed by atoms with Crippen LogP contribution in [-0.2, 0) is 14.8 Å². The van der Waals surface area contributed by atoms with Gasteiger partial charge in [0, 0.05) is 21.3 Å². The van der Waals surface area contributed by atoms with Crippen molar-refractivity contribution in [3.8, 4) is 5.75 Å². The number of sulfonamides is 1. The van der Waals surface area contributed by atoms with Crippen LogP contribution < -0.4 is 14.8 Å². The minimum atomic E-state index is -3.85. The van der Waals surface area contributed by atoms with E-state index in [1.165, 1.54) is 31.0 Å². The van der Waals surface area contributed by atoms with E-state index in [9.17, 15) is 13.2 Å². The highest BCUT2D eigenvalue weighted by Gasteiger charge is 2.17. The number of rotatable bonds is 8.